The zero-order valence-corrected chi connectivity index (χ0v) is 15.6. The van der Waals surface area contributed by atoms with E-state index in [-0.39, 0.29) is 18.0 Å². The zero-order chi connectivity index (χ0) is 16.1. The van der Waals surface area contributed by atoms with E-state index in [1.54, 1.807) is 0 Å². The van der Waals surface area contributed by atoms with Crippen LogP contribution in [0.1, 0.15) is 25.5 Å². The van der Waals surface area contributed by atoms with Crippen molar-refractivity contribution in [3.63, 3.8) is 0 Å². The maximum absolute atomic E-state index is 12.3. The van der Waals surface area contributed by atoms with Crippen molar-refractivity contribution in [3.05, 3.63) is 63.0 Å². The van der Waals surface area contributed by atoms with Gasteiger partial charge in [-0.1, -0.05) is 46.3 Å². The van der Waals surface area contributed by atoms with E-state index in [4.69, 9.17) is 0 Å². The normalized spacial score (nSPS) is 13.5. The molecule has 2 aromatic rings. The molecule has 0 fully saturated rings. The number of halogens is 2. The Hall–Kier alpha value is -1.17. The molecule has 2 unspecified atom stereocenters. The van der Waals surface area contributed by atoms with E-state index in [9.17, 15) is 4.79 Å². The topological polar surface area (TPSA) is 41.1 Å². The third-order valence-corrected chi connectivity index (χ3v) is 4.81. The molecule has 0 saturated carbocycles. The molecule has 116 valence electrons. The second-order valence-electron chi connectivity index (χ2n) is 5.10. The van der Waals surface area contributed by atoms with Crippen molar-refractivity contribution < 1.29 is 4.79 Å². The highest BCUT2D eigenvalue weighted by atomic mass is 79.9. The standard InChI is InChI=1S/C17H18Br2N2O/c1-11(13-7-3-4-8-14(13)18)20-12(2)17(22)21-16-10-6-5-9-15(16)19/h3-12,20H,1-2H3,(H,21,22). The van der Waals surface area contributed by atoms with E-state index in [0.29, 0.717) is 0 Å². The summed E-state index contributed by atoms with van der Waals surface area (Å²) in [6.07, 6.45) is 0. The van der Waals surface area contributed by atoms with Crippen LogP contribution in [-0.2, 0) is 4.79 Å². The molecule has 0 aliphatic rings. The minimum absolute atomic E-state index is 0.0641. The van der Waals surface area contributed by atoms with Gasteiger partial charge in [0.2, 0.25) is 5.91 Å². The van der Waals surface area contributed by atoms with Crippen molar-refractivity contribution >= 4 is 43.5 Å². The van der Waals surface area contributed by atoms with Crippen LogP contribution < -0.4 is 10.6 Å². The summed E-state index contributed by atoms with van der Waals surface area (Å²) in [7, 11) is 0. The van der Waals surface area contributed by atoms with Crippen LogP contribution in [0.3, 0.4) is 0 Å². The summed E-state index contributed by atoms with van der Waals surface area (Å²) < 4.78 is 1.91. The number of carbonyl (C=O) groups excluding carboxylic acids is 1. The van der Waals surface area contributed by atoms with Gasteiger partial charge in [-0.2, -0.15) is 0 Å². The summed E-state index contributed by atoms with van der Waals surface area (Å²) in [5.41, 5.74) is 1.90. The number of anilines is 1. The first-order valence-electron chi connectivity index (χ1n) is 7.05. The number of amides is 1. The van der Waals surface area contributed by atoms with Crippen LogP contribution >= 0.6 is 31.9 Å². The lowest BCUT2D eigenvalue weighted by molar-refractivity contribution is -0.117. The molecule has 5 heteroatoms. The van der Waals surface area contributed by atoms with E-state index in [2.05, 4.69) is 42.5 Å². The Kier molecular flexibility index (Phi) is 6.17. The Morgan fingerprint density at radius 3 is 2.18 bits per heavy atom. The first-order valence-corrected chi connectivity index (χ1v) is 8.63. The Morgan fingerprint density at radius 1 is 0.955 bits per heavy atom. The minimum Gasteiger partial charge on any atom is -0.324 e. The van der Waals surface area contributed by atoms with Gasteiger partial charge in [-0.3, -0.25) is 10.1 Å². The number of hydrogen-bond acceptors (Lipinski definition) is 2. The number of benzene rings is 2. The van der Waals surface area contributed by atoms with Gasteiger partial charge in [0.05, 0.1) is 11.7 Å². The lowest BCUT2D eigenvalue weighted by atomic mass is 10.1. The molecule has 0 bridgehead atoms. The summed E-state index contributed by atoms with van der Waals surface area (Å²) in [4.78, 5) is 12.3. The fraction of sp³-hybridized carbons (Fsp3) is 0.235. The van der Waals surface area contributed by atoms with Crippen molar-refractivity contribution in [1.82, 2.24) is 5.32 Å². The molecule has 2 rings (SSSR count). The Morgan fingerprint density at radius 2 is 1.55 bits per heavy atom. The van der Waals surface area contributed by atoms with Crippen LogP contribution in [0.2, 0.25) is 0 Å². The van der Waals surface area contributed by atoms with Gasteiger partial charge in [0.1, 0.15) is 0 Å². The monoisotopic (exact) mass is 424 g/mol. The Labute approximate surface area is 147 Å². The summed E-state index contributed by atoms with van der Waals surface area (Å²) >= 11 is 6.97. The SMILES string of the molecule is CC(NC(C)c1ccccc1Br)C(=O)Nc1ccccc1Br. The molecule has 3 nitrogen and oxygen atoms in total. The highest BCUT2D eigenvalue weighted by molar-refractivity contribution is 9.10. The molecule has 2 atom stereocenters. The molecule has 0 radical (unpaired) electrons. The summed E-state index contributed by atoms with van der Waals surface area (Å²) in [6.45, 7) is 3.90. The van der Waals surface area contributed by atoms with Crippen molar-refractivity contribution in [3.8, 4) is 0 Å². The van der Waals surface area contributed by atoms with E-state index in [0.717, 1.165) is 20.2 Å². The Balaban J connectivity index is 2.00. The van der Waals surface area contributed by atoms with Gasteiger partial charge in [0.15, 0.2) is 0 Å². The molecule has 1 amide bonds. The quantitative estimate of drug-likeness (QED) is 0.715. The van der Waals surface area contributed by atoms with Crippen LogP contribution in [-0.4, -0.2) is 11.9 Å². The Bertz CT molecular complexity index is 661. The minimum atomic E-state index is -0.311. The van der Waals surface area contributed by atoms with Gasteiger partial charge < -0.3 is 5.32 Å². The second-order valence-corrected chi connectivity index (χ2v) is 6.81. The smallest absolute Gasteiger partial charge is 0.241 e. The van der Waals surface area contributed by atoms with Crippen molar-refractivity contribution in [1.29, 1.82) is 0 Å². The van der Waals surface area contributed by atoms with E-state index in [1.807, 2.05) is 62.4 Å². The third-order valence-electron chi connectivity index (χ3n) is 3.40. The average Bonchev–Trinajstić information content (AvgIpc) is 2.49. The molecular weight excluding hydrogens is 408 g/mol. The number of nitrogens with one attached hydrogen (secondary N) is 2. The van der Waals surface area contributed by atoms with Gasteiger partial charge in [-0.25, -0.2) is 0 Å². The maximum Gasteiger partial charge on any atom is 0.241 e. The second kappa shape index (κ2) is 7.90. The average molecular weight is 426 g/mol. The lowest BCUT2D eigenvalue weighted by Crippen LogP contribution is -2.39. The number of rotatable bonds is 5. The van der Waals surface area contributed by atoms with Crippen molar-refractivity contribution in [2.24, 2.45) is 0 Å². The largest absolute Gasteiger partial charge is 0.324 e. The molecule has 2 aromatic carbocycles. The molecule has 0 aliphatic carbocycles. The molecule has 2 N–H and O–H groups in total. The number of carbonyl (C=O) groups is 1. The van der Waals surface area contributed by atoms with E-state index in [1.165, 1.54) is 0 Å². The van der Waals surface area contributed by atoms with Crippen molar-refractivity contribution in [2.75, 3.05) is 5.32 Å². The summed E-state index contributed by atoms with van der Waals surface area (Å²) in [5.74, 6) is -0.0641. The molecular formula is C17H18Br2N2O. The third kappa shape index (κ3) is 4.41. The molecule has 0 spiro atoms. The van der Waals surface area contributed by atoms with Gasteiger partial charge in [0.25, 0.3) is 0 Å². The number of hydrogen-bond donors (Lipinski definition) is 2. The maximum atomic E-state index is 12.3. The molecule has 22 heavy (non-hydrogen) atoms. The van der Waals surface area contributed by atoms with Crippen LogP contribution in [0.5, 0.6) is 0 Å². The van der Waals surface area contributed by atoms with Gasteiger partial charge in [-0.15, -0.1) is 0 Å². The van der Waals surface area contributed by atoms with Gasteiger partial charge in [0, 0.05) is 15.0 Å². The summed E-state index contributed by atoms with van der Waals surface area (Å²) in [6, 6.07) is 15.3. The van der Waals surface area contributed by atoms with Gasteiger partial charge in [-0.05, 0) is 53.5 Å². The van der Waals surface area contributed by atoms with Crippen LogP contribution in [0, 0.1) is 0 Å². The zero-order valence-electron chi connectivity index (χ0n) is 12.4. The van der Waals surface area contributed by atoms with E-state index < -0.39 is 0 Å². The first kappa shape index (κ1) is 17.2. The lowest BCUT2D eigenvalue weighted by Gasteiger charge is -2.21. The van der Waals surface area contributed by atoms with Crippen LogP contribution in [0.4, 0.5) is 5.69 Å². The highest BCUT2D eigenvalue weighted by Gasteiger charge is 2.18. The highest BCUT2D eigenvalue weighted by Crippen LogP contribution is 2.24. The number of para-hydroxylation sites is 1. The summed E-state index contributed by atoms with van der Waals surface area (Å²) in [5, 5.41) is 6.24. The van der Waals surface area contributed by atoms with Gasteiger partial charge >= 0.3 is 0 Å². The van der Waals surface area contributed by atoms with Crippen LogP contribution in [0.25, 0.3) is 0 Å². The first-order chi connectivity index (χ1) is 10.5. The predicted octanol–water partition coefficient (Wildman–Crippen LogP) is 4.89. The van der Waals surface area contributed by atoms with Crippen molar-refractivity contribution in [2.45, 2.75) is 25.9 Å². The van der Waals surface area contributed by atoms with Crippen LogP contribution in [0.15, 0.2) is 57.5 Å². The van der Waals surface area contributed by atoms with E-state index >= 15 is 0 Å². The fourth-order valence-electron chi connectivity index (χ4n) is 2.17. The predicted molar refractivity (Wildman–Crippen MR) is 97.9 cm³/mol. The molecule has 0 heterocycles. The molecule has 0 aromatic heterocycles. The fourth-order valence-corrected chi connectivity index (χ4v) is 3.18. The molecule has 0 saturated heterocycles. The molecule has 0 aliphatic heterocycles.